The largest absolute Gasteiger partial charge is 0.373 e. The Balaban J connectivity index is 1.94. The number of morpholine rings is 1. The molecular formula is C11H15N5O. The second-order valence-corrected chi connectivity index (χ2v) is 4.14. The quantitative estimate of drug-likeness (QED) is 0.770. The van der Waals surface area contributed by atoms with Crippen LogP contribution in [0.3, 0.4) is 0 Å². The lowest BCUT2D eigenvalue weighted by molar-refractivity contribution is 0.0466. The van der Waals surface area contributed by atoms with Gasteiger partial charge in [0.25, 0.3) is 0 Å². The molecule has 1 unspecified atom stereocenters. The monoisotopic (exact) mass is 233 g/mol. The third-order valence-corrected chi connectivity index (χ3v) is 3.07. The Morgan fingerprint density at radius 2 is 2.53 bits per heavy atom. The highest BCUT2D eigenvalue weighted by Gasteiger charge is 2.21. The van der Waals surface area contributed by atoms with E-state index in [2.05, 4.69) is 20.1 Å². The van der Waals surface area contributed by atoms with E-state index in [1.165, 1.54) is 0 Å². The summed E-state index contributed by atoms with van der Waals surface area (Å²) in [4.78, 5) is 6.51. The van der Waals surface area contributed by atoms with Gasteiger partial charge in [-0.2, -0.15) is 5.10 Å². The summed E-state index contributed by atoms with van der Waals surface area (Å²) in [6, 6.07) is 2.01. The number of nitrogens with two attached hydrogens (primary N) is 1. The van der Waals surface area contributed by atoms with Gasteiger partial charge in [-0.3, -0.25) is 5.10 Å². The fourth-order valence-corrected chi connectivity index (χ4v) is 2.19. The highest BCUT2D eigenvalue weighted by molar-refractivity contribution is 5.88. The van der Waals surface area contributed by atoms with E-state index in [1.54, 1.807) is 6.20 Å². The number of nitrogens with zero attached hydrogens (tertiary/aromatic N) is 3. The van der Waals surface area contributed by atoms with Gasteiger partial charge in [-0.1, -0.05) is 0 Å². The average molecular weight is 233 g/mol. The van der Waals surface area contributed by atoms with Crippen molar-refractivity contribution in [3.63, 3.8) is 0 Å². The number of anilines is 1. The molecule has 6 heteroatoms. The van der Waals surface area contributed by atoms with E-state index in [1.807, 2.05) is 12.3 Å². The maximum atomic E-state index is 5.65. The zero-order chi connectivity index (χ0) is 11.7. The predicted molar refractivity (Wildman–Crippen MR) is 64.9 cm³/mol. The van der Waals surface area contributed by atoms with Gasteiger partial charge in [-0.05, 0) is 6.07 Å². The van der Waals surface area contributed by atoms with Crippen molar-refractivity contribution in [3.8, 4) is 0 Å². The molecule has 3 N–H and O–H groups in total. The highest BCUT2D eigenvalue weighted by atomic mass is 16.5. The minimum absolute atomic E-state index is 0.110. The molecule has 0 saturated carbocycles. The molecule has 2 aromatic heterocycles. The van der Waals surface area contributed by atoms with Crippen LogP contribution < -0.4 is 10.6 Å². The van der Waals surface area contributed by atoms with Crippen LogP contribution in [0.5, 0.6) is 0 Å². The Labute approximate surface area is 98.8 Å². The fraction of sp³-hybridized carbons (Fsp3) is 0.455. The van der Waals surface area contributed by atoms with E-state index in [4.69, 9.17) is 10.5 Å². The van der Waals surface area contributed by atoms with Crippen molar-refractivity contribution >= 4 is 16.7 Å². The minimum Gasteiger partial charge on any atom is -0.373 e. The van der Waals surface area contributed by atoms with E-state index in [-0.39, 0.29) is 6.10 Å². The number of H-pyrrole nitrogens is 1. The van der Waals surface area contributed by atoms with Crippen LogP contribution in [0.25, 0.3) is 11.0 Å². The lowest BCUT2D eigenvalue weighted by Gasteiger charge is -2.34. The molecule has 0 radical (unpaired) electrons. The summed E-state index contributed by atoms with van der Waals surface area (Å²) in [6.07, 6.45) is 3.71. The summed E-state index contributed by atoms with van der Waals surface area (Å²) in [5, 5.41) is 7.95. The van der Waals surface area contributed by atoms with E-state index in [0.29, 0.717) is 13.2 Å². The molecule has 1 aliphatic rings. The van der Waals surface area contributed by atoms with E-state index >= 15 is 0 Å². The first-order valence-electron chi connectivity index (χ1n) is 5.73. The summed E-state index contributed by atoms with van der Waals surface area (Å²) in [5.41, 5.74) is 7.62. The van der Waals surface area contributed by atoms with Gasteiger partial charge in [0, 0.05) is 25.8 Å². The van der Waals surface area contributed by atoms with E-state index in [0.717, 1.165) is 29.8 Å². The minimum atomic E-state index is 0.110. The lowest BCUT2D eigenvalue weighted by atomic mass is 10.2. The van der Waals surface area contributed by atoms with E-state index < -0.39 is 0 Å². The first-order valence-corrected chi connectivity index (χ1v) is 5.73. The molecule has 0 bridgehead atoms. The van der Waals surface area contributed by atoms with Crippen molar-refractivity contribution in [1.29, 1.82) is 0 Å². The maximum Gasteiger partial charge on any atom is 0.157 e. The number of aromatic amines is 1. The summed E-state index contributed by atoms with van der Waals surface area (Å²) < 4.78 is 5.57. The molecular weight excluding hydrogens is 218 g/mol. The van der Waals surface area contributed by atoms with Gasteiger partial charge in [0.05, 0.1) is 30.0 Å². The Hall–Kier alpha value is -1.66. The summed E-state index contributed by atoms with van der Waals surface area (Å²) in [7, 11) is 0. The SMILES string of the molecule is NCC1CN(c2ccnc3[nH]ncc23)CCO1. The molecule has 1 saturated heterocycles. The summed E-state index contributed by atoms with van der Waals surface area (Å²) in [6.45, 7) is 2.96. The molecule has 3 heterocycles. The topological polar surface area (TPSA) is 80.1 Å². The fourth-order valence-electron chi connectivity index (χ4n) is 2.19. The van der Waals surface area contributed by atoms with Crippen LogP contribution in [0.4, 0.5) is 5.69 Å². The molecule has 6 nitrogen and oxygen atoms in total. The molecule has 3 rings (SSSR count). The van der Waals surface area contributed by atoms with Crippen molar-refractivity contribution in [1.82, 2.24) is 15.2 Å². The zero-order valence-electron chi connectivity index (χ0n) is 9.47. The smallest absolute Gasteiger partial charge is 0.157 e. The third kappa shape index (κ3) is 1.85. The molecule has 0 aromatic carbocycles. The Morgan fingerprint density at radius 3 is 3.41 bits per heavy atom. The Kier molecular flexibility index (Phi) is 2.66. The van der Waals surface area contributed by atoms with Crippen LogP contribution >= 0.6 is 0 Å². The van der Waals surface area contributed by atoms with Crippen LogP contribution in [0.2, 0.25) is 0 Å². The van der Waals surface area contributed by atoms with Gasteiger partial charge in [0.15, 0.2) is 5.65 Å². The van der Waals surface area contributed by atoms with Crippen molar-refractivity contribution in [2.24, 2.45) is 5.73 Å². The zero-order valence-corrected chi connectivity index (χ0v) is 9.47. The van der Waals surface area contributed by atoms with Crippen LogP contribution in [0.15, 0.2) is 18.5 Å². The lowest BCUT2D eigenvalue weighted by Crippen LogP contribution is -2.45. The summed E-state index contributed by atoms with van der Waals surface area (Å²) in [5.74, 6) is 0. The van der Waals surface area contributed by atoms with Gasteiger partial charge < -0.3 is 15.4 Å². The van der Waals surface area contributed by atoms with E-state index in [9.17, 15) is 0 Å². The highest BCUT2D eigenvalue weighted by Crippen LogP contribution is 2.25. The Morgan fingerprint density at radius 1 is 1.59 bits per heavy atom. The predicted octanol–water partition coefficient (Wildman–Crippen LogP) is 0.122. The van der Waals surface area contributed by atoms with Gasteiger partial charge >= 0.3 is 0 Å². The number of hydrogen-bond donors (Lipinski definition) is 2. The first-order chi connectivity index (χ1) is 8.38. The van der Waals surface area contributed by atoms with Gasteiger partial charge in [0.2, 0.25) is 0 Å². The number of fused-ring (bicyclic) bond motifs is 1. The van der Waals surface area contributed by atoms with Crippen molar-refractivity contribution in [2.75, 3.05) is 31.1 Å². The standard InChI is InChI=1S/C11H15N5O/c12-5-8-7-16(3-4-17-8)10-1-2-13-11-9(10)6-14-15-11/h1-2,6,8H,3-5,7,12H2,(H,13,14,15). The molecule has 1 fully saturated rings. The molecule has 17 heavy (non-hydrogen) atoms. The Bertz CT molecular complexity index is 511. The van der Waals surface area contributed by atoms with Crippen LogP contribution in [0, 0.1) is 0 Å². The van der Waals surface area contributed by atoms with Gasteiger partial charge in [-0.25, -0.2) is 4.98 Å². The molecule has 1 aliphatic heterocycles. The maximum absolute atomic E-state index is 5.65. The molecule has 0 amide bonds. The molecule has 2 aromatic rings. The molecule has 90 valence electrons. The summed E-state index contributed by atoms with van der Waals surface area (Å²) >= 11 is 0. The number of hydrogen-bond acceptors (Lipinski definition) is 5. The van der Waals surface area contributed by atoms with Crippen molar-refractivity contribution < 1.29 is 4.74 Å². The average Bonchev–Trinajstić information content (AvgIpc) is 2.87. The second-order valence-electron chi connectivity index (χ2n) is 4.14. The number of pyridine rings is 1. The normalized spacial score (nSPS) is 21.0. The number of rotatable bonds is 2. The third-order valence-electron chi connectivity index (χ3n) is 3.07. The van der Waals surface area contributed by atoms with Crippen molar-refractivity contribution in [3.05, 3.63) is 18.5 Å². The van der Waals surface area contributed by atoms with Crippen molar-refractivity contribution in [2.45, 2.75) is 6.10 Å². The number of aromatic nitrogens is 3. The second kappa shape index (κ2) is 4.31. The van der Waals surface area contributed by atoms with Gasteiger partial charge in [0.1, 0.15) is 0 Å². The number of nitrogens with one attached hydrogen (secondary N) is 1. The van der Waals surface area contributed by atoms with Crippen LogP contribution in [-0.2, 0) is 4.74 Å². The molecule has 0 spiro atoms. The molecule has 1 atom stereocenters. The number of ether oxygens (including phenoxy) is 1. The van der Waals surface area contributed by atoms with Gasteiger partial charge in [-0.15, -0.1) is 0 Å². The molecule has 0 aliphatic carbocycles. The van der Waals surface area contributed by atoms with Crippen LogP contribution in [-0.4, -0.2) is 47.5 Å². The van der Waals surface area contributed by atoms with Crippen LogP contribution in [0.1, 0.15) is 0 Å². The first kappa shape index (κ1) is 10.5.